The predicted molar refractivity (Wildman–Crippen MR) is 119 cm³/mol. The van der Waals surface area contributed by atoms with Crippen molar-refractivity contribution in [1.82, 2.24) is 10.2 Å². The number of hydrogen-bond acceptors (Lipinski definition) is 3. The maximum atomic E-state index is 12.7. The SMILES string of the molecule is CC[C@H](Sc1ccc(Cl)cc1)C(=O)NCc1cccc(CN2CCCCC2)c1. The fourth-order valence-corrected chi connectivity index (χ4v) is 4.62. The molecule has 0 unspecified atom stereocenters. The van der Waals surface area contributed by atoms with Crippen LogP contribution in [0.2, 0.25) is 5.02 Å². The summed E-state index contributed by atoms with van der Waals surface area (Å²) < 4.78 is 0. The summed E-state index contributed by atoms with van der Waals surface area (Å²) in [5, 5.41) is 3.73. The lowest BCUT2D eigenvalue weighted by atomic mass is 10.1. The number of hydrogen-bond donors (Lipinski definition) is 1. The standard InChI is InChI=1S/C23H29ClN2OS/c1-2-22(28-21-11-9-20(24)10-12-21)23(27)25-16-18-7-6-8-19(15-18)17-26-13-4-3-5-14-26/h6-12,15,22H,2-5,13-14,16-17H2,1H3,(H,25,27)/t22-/m0/s1. The average molecular weight is 417 g/mol. The lowest BCUT2D eigenvalue weighted by Gasteiger charge is -2.26. The summed E-state index contributed by atoms with van der Waals surface area (Å²) in [6.45, 7) is 6.02. The van der Waals surface area contributed by atoms with Crippen LogP contribution in [-0.2, 0) is 17.9 Å². The van der Waals surface area contributed by atoms with Crippen molar-refractivity contribution in [2.45, 2.75) is 55.8 Å². The van der Waals surface area contributed by atoms with Crippen LogP contribution in [0, 0.1) is 0 Å². The van der Waals surface area contributed by atoms with Gasteiger partial charge < -0.3 is 5.32 Å². The van der Waals surface area contributed by atoms with Crippen LogP contribution in [0.25, 0.3) is 0 Å². The van der Waals surface area contributed by atoms with Gasteiger partial charge in [-0.3, -0.25) is 9.69 Å². The van der Waals surface area contributed by atoms with Crippen molar-refractivity contribution in [1.29, 1.82) is 0 Å². The molecule has 1 aliphatic rings. The molecule has 0 radical (unpaired) electrons. The van der Waals surface area contributed by atoms with E-state index in [2.05, 4.69) is 34.5 Å². The highest BCUT2D eigenvalue weighted by Gasteiger charge is 2.18. The van der Waals surface area contributed by atoms with Gasteiger partial charge in [0.15, 0.2) is 0 Å². The summed E-state index contributed by atoms with van der Waals surface area (Å²) in [4.78, 5) is 16.2. The normalized spacial score (nSPS) is 15.9. The lowest BCUT2D eigenvalue weighted by molar-refractivity contribution is -0.120. The molecule has 0 spiro atoms. The number of carbonyl (C=O) groups is 1. The van der Waals surface area contributed by atoms with Gasteiger partial charge in [0.05, 0.1) is 5.25 Å². The number of amides is 1. The predicted octanol–water partition coefficient (Wildman–Crippen LogP) is 5.51. The van der Waals surface area contributed by atoms with Gasteiger partial charge in [-0.25, -0.2) is 0 Å². The molecule has 1 amide bonds. The molecule has 1 saturated heterocycles. The van der Waals surface area contributed by atoms with Gasteiger partial charge in [0.1, 0.15) is 0 Å². The zero-order chi connectivity index (χ0) is 19.8. The number of nitrogens with zero attached hydrogens (tertiary/aromatic N) is 1. The van der Waals surface area contributed by atoms with Crippen LogP contribution >= 0.6 is 23.4 Å². The summed E-state index contributed by atoms with van der Waals surface area (Å²) in [6, 6.07) is 16.3. The maximum Gasteiger partial charge on any atom is 0.233 e. The van der Waals surface area contributed by atoms with Crippen molar-refractivity contribution in [3.63, 3.8) is 0 Å². The van der Waals surface area contributed by atoms with Crippen LogP contribution < -0.4 is 5.32 Å². The topological polar surface area (TPSA) is 32.3 Å². The third-order valence-corrected chi connectivity index (χ3v) is 6.70. The average Bonchev–Trinajstić information content (AvgIpc) is 2.72. The Hall–Kier alpha value is -1.49. The largest absolute Gasteiger partial charge is 0.351 e. The third kappa shape index (κ3) is 6.54. The molecule has 0 aromatic heterocycles. The molecule has 1 aliphatic heterocycles. The third-order valence-electron chi connectivity index (χ3n) is 5.07. The van der Waals surface area contributed by atoms with Crippen molar-refractivity contribution < 1.29 is 4.79 Å². The Morgan fingerprint density at radius 2 is 1.82 bits per heavy atom. The first-order chi connectivity index (χ1) is 13.6. The molecule has 1 N–H and O–H groups in total. The van der Waals surface area contributed by atoms with Crippen molar-refractivity contribution in [3.8, 4) is 0 Å². The van der Waals surface area contributed by atoms with Crippen LogP contribution in [-0.4, -0.2) is 29.1 Å². The number of benzene rings is 2. The Kier molecular flexibility index (Phi) is 8.26. The second-order valence-corrected chi connectivity index (χ2v) is 9.06. The van der Waals surface area contributed by atoms with E-state index in [9.17, 15) is 4.79 Å². The van der Waals surface area contributed by atoms with Gasteiger partial charge >= 0.3 is 0 Å². The van der Waals surface area contributed by atoms with Gasteiger partial charge in [0.25, 0.3) is 0 Å². The Labute approximate surface area is 177 Å². The highest BCUT2D eigenvalue weighted by molar-refractivity contribution is 8.00. The minimum absolute atomic E-state index is 0.0869. The number of carbonyl (C=O) groups excluding carboxylic acids is 1. The van der Waals surface area contributed by atoms with E-state index < -0.39 is 0 Å². The van der Waals surface area contributed by atoms with E-state index in [1.165, 1.54) is 37.9 Å². The second-order valence-electron chi connectivity index (χ2n) is 7.34. The van der Waals surface area contributed by atoms with E-state index in [4.69, 9.17) is 11.6 Å². The molecule has 2 aromatic rings. The quantitative estimate of drug-likeness (QED) is 0.575. The zero-order valence-corrected chi connectivity index (χ0v) is 18.1. The second kappa shape index (κ2) is 10.9. The lowest BCUT2D eigenvalue weighted by Crippen LogP contribution is -2.32. The van der Waals surface area contributed by atoms with E-state index in [0.717, 1.165) is 23.4 Å². The van der Waals surface area contributed by atoms with E-state index >= 15 is 0 Å². The summed E-state index contributed by atoms with van der Waals surface area (Å²) in [5.74, 6) is 0.0869. The molecule has 1 heterocycles. The van der Waals surface area contributed by atoms with Crippen molar-refractivity contribution in [2.24, 2.45) is 0 Å². The summed E-state index contributed by atoms with van der Waals surface area (Å²) in [5.41, 5.74) is 2.49. The summed E-state index contributed by atoms with van der Waals surface area (Å²) in [7, 11) is 0. The Morgan fingerprint density at radius 3 is 2.54 bits per heavy atom. The highest BCUT2D eigenvalue weighted by atomic mass is 35.5. The minimum atomic E-state index is -0.0993. The Bertz CT molecular complexity index is 759. The van der Waals surface area contributed by atoms with Gasteiger partial charge in [0, 0.05) is 23.0 Å². The van der Waals surface area contributed by atoms with Crippen molar-refractivity contribution >= 4 is 29.3 Å². The van der Waals surface area contributed by atoms with Crippen LogP contribution in [0.5, 0.6) is 0 Å². The number of nitrogens with one attached hydrogen (secondary N) is 1. The van der Waals surface area contributed by atoms with E-state index in [0.29, 0.717) is 11.6 Å². The van der Waals surface area contributed by atoms with Gasteiger partial charge in [0.2, 0.25) is 5.91 Å². The summed E-state index contributed by atoms with van der Waals surface area (Å²) in [6.07, 6.45) is 4.75. The van der Waals surface area contributed by atoms with E-state index in [1.807, 2.05) is 31.2 Å². The first-order valence-electron chi connectivity index (χ1n) is 10.1. The van der Waals surface area contributed by atoms with E-state index in [1.54, 1.807) is 11.8 Å². The molecule has 0 aliphatic carbocycles. The first kappa shape index (κ1) is 21.2. The molecule has 150 valence electrons. The van der Waals surface area contributed by atoms with E-state index in [-0.39, 0.29) is 11.2 Å². The van der Waals surface area contributed by atoms with Gasteiger partial charge in [-0.15, -0.1) is 11.8 Å². The molecular weight excluding hydrogens is 388 g/mol. The van der Waals surface area contributed by atoms with Crippen LogP contribution in [0.15, 0.2) is 53.4 Å². The molecule has 3 nitrogen and oxygen atoms in total. The van der Waals surface area contributed by atoms with Crippen LogP contribution in [0.1, 0.15) is 43.7 Å². The molecular formula is C23H29ClN2OS. The van der Waals surface area contributed by atoms with Gasteiger partial charge in [-0.1, -0.05) is 49.2 Å². The number of halogens is 1. The highest BCUT2D eigenvalue weighted by Crippen LogP contribution is 2.27. The molecule has 5 heteroatoms. The van der Waals surface area contributed by atoms with Gasteiger partial charge in [-0.05, 0) is 67.7 Å². The number of rotatable bonds is 8. The Balaban J connectivity index is 1.52. The van der Waals surface area contributed by atoms with Crippen molar-refractivity contribution in [3.05, 3.63) is 64.7 Å². The maximum absolute atomic E-state index is 12.7. The van der Waals surface area contributed by atoms with Crippen LogP contribution in [0.3, 0.4) is 0 Å². The molecule has 1 fully saturated rings. The molecule has 1 atom stereocenters. The van der Waals surface area contributed by atoms with Gasteiger partial charge in [-0.2, -0.15) is 0 Å². The molecule has 3 rings (SSSR count). The molecule has 0 bridgehead atoms. The monoisotopic (exact) mass is 416 g/mol. The number of piperidine rings is 1. The zero-order valence-electron chi connectivity index (χ0n) is 16.5. The number of thioether (sulfide) groups is 1. The van der Waals surface area contributed by atoms with Crippen LogP contribution in [0.4, 0.5) is 0 Å². The first-order valence-corrected chi connectivity index (χ1v) is 11.4. The number of likely N-dealkylation sites (tertiary alicyclic amines) is 1. The fraction of sp³-hybridized carbons (Fsp3) is 0.435. The molecule has 0 saturated carbocycles. The van der Waals surface area contributed by atoms with Crippen molar-refractivity contribution in [2.75, 3.05) is 13.1 Å². The fourth-order valence-electron chi connectivity index (χ4n) is 3.52. The molecule has 2 aromatic carbocycles. The smallest absolute Gasteiger partial charge is 0.233 e. The Morgan fingerprint density at radius 1 is 1.11 bits per heavy atom. The summed E-state index contributed by atoms with van der Waals surface area (Å²) >= 11 is 7.53. The minimum Gasteiger partial charge on any atom is -0.351 e. The molecule has 28 heavy (non-hydrogen) atoms.